The Labute approximate surface area is 161 Å². The van der Waals surface area contributed by atoms with Crippen molar-refractivity contribution in [3.8, 4) is 16.3 Å². The largest absolute Gasteiger partial charge is 0.484 e. The number of alkyl halides is 3. The van der Waals surface area contributed by atoms with Crippen LogP contribution in [0.1, 0.15) is 11.3 Å². The van der Waals surface area contributed by atoms with Crippen LogP contribution in [-0.2, 0) is 17.8 Å². The molecule has 0 spiro atoms. The summed E-state index contributed by atoms with van der Waals surface area (Å²) < 4.78 is 41.3. The van der Waals surface area contributed by atoms with Crippen molar-refractivity contribution < 1.29 is 22.7 Å². The molecule has 142 valence electrons. The molecule has 9 heteroatoms. The molecule has 0 atom stereocenters. The Kier molecular flexibility index (Phi) is 6.12. The van der Waals surface area contributed by atoms with E-state index in [9.17, 15) is 18.0 Å². The molecule has 1 N–H and O–H groups in total. The van der Waals surface area contributed by atoms with E-state index >= 15 is 0 Å². The summed E-state index contributed by atoms with van der Waals surface area (Å²) in [6, 6.07) is 8.18. The number of nitrogens with one attached hydrogen (secondary N) is 1. The zero-order valence-corrected chi connectivity index (χ0v) is 15.6. The quantitative estimate of drug-likeness (QED) is 0.614. The Hall–Kier alpha value is -2.39. The molecular weight excluding hydrogens is 397 g/mol. The maximum Gasteiger partial charge on any atom is 0.422 e. The van der Waals surface area contributed by atoms with E-state index < -0.39 is 12.8 Å². The van der Waals surface area contributed by atoms with Crippen LogP contribution in [0.4, 0.5) is 13.2 Å². The number of nitrogens with zero attached hydrogens (tertiary/aromatic N) is 1. The molecule has 0 saturated carbocycles. The number of hydrogen-bond donors (Lipinski definition) is 1. The zero-order chi connectivity index (χ0) is 19.3. The van der Waals surface area contributed by atoms with Crippen molar-refractivity contribution in [3.63, 3.8) is 0 Å². The maximum absolute atomic E-state index is 12.2. The van der Waals surface area contributed by atoms with Crippen molar-refractivity contribution in [2.45, 2.75) is 19.1 Å². The van der Waals surface area contributed by atoms with Crippen molar-refractivity contribution >= 4 is 28.6 Å². The number of ether oxygens (including phenoxy) is 1. The zero-order valence-electron chi connectivity index (χ0n) is 14.0. The number of carbonyl (C=O) groups is 1. The lowest BCUT2D eigenvalue weighted by Crippen LogP contribution is -2.24. The standard InChI is InChI=1S/C18H15F3N2O2S2/c19-18(20,21)11-25-15-3-1-2-12(6-15)8-22-16(24)7-14-10-27-17(23-14)13-4-5-26-9-13/h1-6,9-10H,7-8,11H2,(H,22,24). The van der Waals surface area contributed by atoms with Gasteiger partial charge in [-0.1, -0.05) is 12.1 Å². The normalized spacial score (nSPS) is 11.4. The molecule has 27 heavy (non-hydrogen) atoms. The van der Waals surface area contributed by atoms with E-state index in [1.807, 2.05) is 22.2 Å². The van der Waals surface area contributed by atoms with E-state index in [1.165, 1.54) is 23.5 Å². The van der Waals surface area contributed by atoms with Gasteiger partial charge < -0.3 is 10.1 Å². The summed E-state index contributed by atoms with van der Waals surface area (Å²) >= 11 is 3.06. The van der Waals surface area contributed by atoms with Crippen LogP contribution < -0.4 is 10.1 Å². The average Bonchev–Trinajstić information content (AvgIpc) is 3.29. The van der Waals surface area contributed by atoms with E-state index in [2.05, 4.69) is 10.3 Å². The Morgan fingerprint density at radius 3 is 2.81 bits per heavy atom. The minimum Gasteiger partial charge on any atom is -0.484 e. The SMILES string of the molecule is O=C(Cc1csc(-c2ccsc2)n1)NCc1cccc(OCC(F)(F)F)c1. The summed E-state index contributed by atoms with van der Waals surface area (Å²) in [5.74, 6) is -0.0993. The van der Waals surface area contributed by atoms with E-state index in [1.54, 1.807) is 23.5 Å². The van der Waals surface area contributed by atoms with Crippen LogP contribution >= 0.6 is 22.7 Å². The number of rotatable bonds is 7. The molecule has 4 nitrogen and oxygen atoms in total. The van der Waals surface area contributed by atoms with Gasteiger partial charge in [-0.25, -0.2) is 4.98 Å². The third-order valence-electron chi connectivity index (χ3n) is 3.45. The summed E-state index contributed by atoms with van der Waals surface area (Å²) in [6.45, 7) is -1.15. The van der Waals surface area contributed by atoms with Crippen LogP contribution in [0.25, 0.3) is 10.6 Å². The monoisotopic (exact) mass is 412 g/mol. The first-order valence-corrected chi connectivity index (χ1v) is 9.73. The summed E-state index contributed by atoms with van der Waals surface area (Å²) in [7, 11) is 0. The second-order valence-electron chi connectivity index (χ2n) is 5.66. The Morgan fingerprint density at radius 1 is 1.22 bits per heavy atom. The van der Waals surface area contributed by atoms with Crippen LogP contribution in [0.2, 0.25) is 0 Å². The molecule has 0 bridgehead atoms. The van der Waals surface area contributed by atoms with Crippen molar-refractivity contribution in [2.75, 3.05) is 6.61 Å². The molecule has 0 aliphatic heterocycles. The first-order valence-electron chi connectivity index (χ1n) is 7.91. The van der Waals surface area contributed by atoms with Gasteiger partial charge in [0.1, 0.15) is 10.8 Å². The molecule has 2 heterocycles. The van der Waals surface area contributed by atoms with Crippen LogP contribution in [0.15, 0.2) is 46.5 Å². The van der Waals surface area contributed by atoms with Gasteiger partial charge in [0.2, 0.25) is 5.91 Å². The molecule has 0 unspecified atom stereocenters. The Bertz CT molecular complexity index is 892. The molecule has 2 aromatic heterocycles. The molecule has 0 aliphatic rings. The maximum atomic E-state index is 12.2. The Morgan fingerprint density at radius 2 is 2.07 bits per heavy atom. The first-order chi connectivity index (χ1) is 12.9. The van der Waals surface area contributed by atoms with Crippen molar-refractivity contribution in [1.29, 1.82) is 0 Å². The van der Waals surface area contributed by atoms with E-state index in [0.717, 1.165) is 10.6 Å². The van der Waals surface area contributed by atoms with Gasteiger partial charge in [-0.3, -0.25) is 4.79 Å². The lowest BCUT2D eigenvalue weighted by molar-refractivity contribution is -0.153. The van der Waals surface area contributed by atoms with Gasteiger partial charge in [0, 0.05) is 22.9 Å². The van der Waals surface area contributed by atoms with Gasteiger partial charge in [0.15, 0.2) is 6.61 Å². The van der Waals surface area contributed by atoms with Crippen LogP contribution in [0.3, 0.4) is 0 Å². The minimum absolute atomic E-state index is 0.110. The summed E-state index contributed by atoms with van der Waals surface area (Å²) in [5.41, 5.74) is 2.37. The molecule has 3 aromatic rings. The molecule has 0 saturated heterocycles. The molecule has 1 amide bonds. The number of aromatic nitrogens is 1. The number of hydrogen-bond acceptors (Lipinski definition) is 5. The van der Waals surface area contributed by atoms with Crippen LogP contribution in [0, 0.1) is 0 Å². The van der Waals surface area contributed by atoms with Gasteiger partial charge in [-0.2, -0.15) is 24.5 Å². The average molecular weight is 412 g/mol. The van der Waals surface area contributed by atoms with Gasteiger partial charge in [0.05, 0.1) is 12.1 Å². The fraction of sp³-hybridized carbons (Fsp3) is 0.222. The molecular formula is C18H15F3N2O2S2. The van der Waals surface area contributed by atoms with E-state index in [0.29, 0.717) is 11.3 Å². The number of amides is 1. The smallest absolute Gasteiger partial charge is 0.422 e. The molecule has 3 rings (SSSR count). The predicted octanol–water partition coefficient (Wildman–Crippen LogP) is 4.67. The van der Waals surface area contributed by atoms with E-state index in [-0.39, 0.29) is 24.6 Å². The van der Waals surface area contributed by atoms with Gasteiger partial charge in [0.25, 0.3) is 0 Å². The number of thiazole rings is 1. The minimum atomic E-state index is -4.39. The third kappa shape index (κ3) is 6.07. The topological polar surface area (TPSA) is 51.2 Å². The van der Waals surface area contributed by atoms with Crippen LogP contribution in [-0.4, -0.2) is 23.7 Å². The second-order valence-corrected chi connectivity index (χ2v) is 7.30. The number of halogens is 3. The Balaban J connectivity index is 1.50. The van der Waals surface area contributed by atoms with Crippen molar-refractivity contribution in [2.24, 2.45) is 0 Å². The highest BCUT2D eigenvalue weighted by Gasteiger charge is 2.28. The highest BCUT2D eigenvalue weighted by molar-refractivity contribution is 7.14. The van der Waals surface area contributed by atoms with Crippen LogP contribution in [0.5, 0.6) is 5.75 Å². The lowest BCUT2D eigenvalue weighted by atomic mass is 10.2. The predicted molar refractivity (Wildman–Crippen MR) is 99.0 cm³/mol. The molecule has 1 aromatic carbocycles. The highest BCUT2D eigenvalue weighted by Crippen LogP contribution is 2.25. The third-order valence-corrected chi connectivity index (χ3v) is 5.08. The van der Waals surface area contributed by atoms with Crippen molar-refractivity contribution in [1.82, 2.24) is 10.3 Å². The summed E-state index contributed by atoms with van der Waals surface area (Å²) in [4.78, 5) is 16.5. The number of carbonyl (C=O) groups excluding carboxylic acids is 1. The van der Waals surface area contributed by atoms with E-state index in [4.69, 9.17) is 4.74 Å². The number of thiophene rings is 1. The molecule has 0 aliphatic carbocycles. The summed E-state index contributed by atoms with van der Waals surface area (Å²) in [5, 5.41) is 9.42. The highest BCUT2D eigenvalue weighted by atomic mass is 32.1. The fourth-order valence-corrected chi connectivity index (χ4v) is 3.78. The summed E-state index contributed by atoms with van der Waals surface area (Å²) in [6.07, 6.45) is -4.25. The first kappa shape index (κ1) is 19.4. The second kappa shape index (κ2) is 8.53. The van der Waals surface area contributed by atoms with Crippen molar-refractivity contribution in [3.05, 3.63) is 57.7 Å². The van der Waals surface area contributed by atoms with Gasteiger partial charge >= 0.3 is 6.18 Å². The van der Waals surface area contributed by atoms with Gasteiger partial charge in [-0.05, 0) is 29.1 Å². The molecule has 0 fully saturated rings. The van der Waals surface area contributed by atoms with Gasteiger partial charge in [-0.15, -0.1) is 11.3 Å². The lowest BCUT2D eigenvalue weighted by Gasteiger charge is -2.10. The fourth-order valence-electron chi connectivity index (χ4n) is 2.24. The number of benzene rings is 1. The molecule has 0 radical (unpaired) electrons.